The van der Waals surface area contributed by atoms with Crippen molar-refractivity contribution >= 4 is 26.8 Å². The van der Waals surface area contributed by atoms with Crippen LogP contribution in [0.15, 0.2) is 324 Å². The first-order valence-electron chi connectivity index (χ1n) is 43.4. The highest BCUT2D eigenvalue weighted by molar-refractivity contribution is 9.10. The lowest BCUT2D eigenvalue weighted by Crippen LogP contribution is -2.04. The zero-order valence-electron chi connectivity index (χ0n) is 74.7. The predicted octanol–water partition coefficient (Wildman–Crippen LogP) is 24.9. The summed E-state index contributed by atoms with van der Waals surface area (Å²) in [7, 11) is 0. The lowest BCUT2D eigenvalue weighted by molar-refractivity contribution is -0.137. The molecule has 0 spiro atoms. The second kappa shape index (κ2) is 45.7. The van der Waals surface area contributed by atoms with Crippen LogP contribution in [-0.2, 0) is 25.4 Å². The van der Waals surface area contributed by atoms with E-state index in [9.17, 15) is 13.2 Å². The second-order valence-electron chi connectivity index (χ2n) is 31.5. The summed E-state index contributed by atoms with van der Waals surface area (Å²) in [5.41, 5.74) is 15.0. The fourth-order valence-corrected chi connectivity index (χ4v) is 14.6. The molecular formula is C103H96BrF3N18O8. The zero-order valence-corrected chi connectivity index (χ0v) is 76.3. The number of ether oxygens (including phenoxy) is 2. The quantitative estimate of drug-likeness (QED) is 0.0555. The molecule has 30 heteroatoms. The first-order valence-corrected chi connectivity index (χ1v) is 44.1. The van der Waals surface area contributed by atoms with Crippen molar-refractivity contribution in [3.63, 3.8) is 0 Å². The van der Waals surface area contributed by atoms with Gasteiger partial charge in [0.05, 0.1) is 43.0 Å². The smallest absolute Gasteiger partial charge is 0.416 e. The topological polar surface area (TPSA) is 332 Å². The molecule has 3 unspecified atom stereocenters. The number of alkyl halides is 3. The SMILES string of the molecule is CC(C)Cc1ccc(C(C)c2nc(-c3ccncc3)no2)cc1.CCC(c1ccccc1)c1nc(-c2ccncc2)no1.CCOc1ccc(-c2nc(-c3cccc4[nH]ccc34)no2)cc1OCC.Cc1cnccc1-c1noc(C(C)c2ccc(CC(C)C)cc2)n1.FC(F)(F)c1cc(Br)cc(-c2nc(-c3ccncc3)no2)c1.c1ccc(Cc2nc(-c3ccncc3)no2)cc1. The molecule has 12 aromatic heterocycles. The maximum absolute atomic E-state index is 12.8. The van der Waals surface area contributed by atoms with Gasteiger partial charge in [-0.1, -0.05) is 203 Å². The molecule has 0 saturated carbocycles. The van der Waals surface area contributed by atoms with Gasteiger partial charge in [-0.25, -0.2) is 0 Å². The molecule has 0 aliphatic heterocycles. The van der Waals surface area contributed by atoms with E-state index in [1.54, 1.807) is 67.9 Å². The van der Waals surface area contributed by atoms with E-state index in [2.05, 4.69) is 216 Å². The molecule has 3 atom stereocenters. The molecule has 19 aromatic rings. The monoisotopic (exact) mass is 1850 g/mol. The van der Waals surface area contributed by atoms with E-state index in [4.69, 9.17) is 36.6 Å². The molecule has 0 aliphatic carbocycles. The third kappa shape index (κ3) is 25.6. The zero-order chi connectivity index (χ0) is 93.0. The van der Waals surface area contributed by atoms with Gasteiger partial charge in [-0.05, 0) is 208 Å². The first-order chi connectivity index (χ1) is 64.7. The van der Waals surface area contributed by atoms with Gasteiger partial charge in [0.15, 0.2) is 11.5 Å². The van der Waals surface area contributed by atoms with E-state index in [0.29, 0.717) is 107 Å². The van der Waals surface area contributed by atoms with Crippen molar-refractivity contribution in [3.8, 4) is 103 Å². The van der Waals surface area contributed by atoms with Crippen LogP contribution >= 0.6 is 15.9 Å². The number of aromatic nitrogens is 18. The molecule has 0 radical (unpaired) electrons. The molecule has 0 fully saturated rings. The third-order valence-electron chi connectivity index (χ3n) is 20.9. The molecule has 19 rings (SSSR count). The fourth-order valence-electron chi connectivity index (χ4n) is 14.1. The Kier molecular flexibility index (Phi) is 32.2. The Balaban J connectivity index is 0.000000129. The van der Waals surface area contributed by atoms with Crippen molar-refractivity contribution in [2.75, 3.05) is 13.2 Å². The highest BCUT2D eigenvalue weighted by atomic mass is 79.9. The van der Waals surface area contributed by atoms with E-state index in [-0.39, 0.29) is 39.5 Å². The predicted molar refractivity (Wildman–Crippen MR) is 503 cm³/mol. The lowest BCUT2D eigenvalue weighted by atomic mass is 9.96. The molecule has 0 aliphatic rings. The molecular weight excluding hydrogens is 1750 g/mol. The van der Waals surface area contributed by atoms with E-state index < -0.39 is 11.7 Å². The van der Waals surface area contributed by atoms with Gasteiger partial charge in [0.2, 0.25) is 58.5 Å². The number of aryl methyl sites for hydroxylation is 1. The van der Waals surface area contributed by atoms with E-state index >= 15 is 0 Å². The van der Waals surface area contributed by atoms with E-state index in [1.807, 2.05) is 167 Å². The number of pyridine rings is 5. The minimum atomic E-state index is -4.45. The van der Waals surface area contributed by atoms with Crippen LogP contribution in [0.1, 0.15) is 155 Å². The summed E-state index contributed by atoms with van der Waals surface area (Å²) in [6.45, 7) is 22.2. The highest BCUT2D eigenvalue weighted by Crippen LogP contribution is 2.39. The van der Waals surface area contributed by atoms with Gasteiger partial charge in [-0.3, -0.25) is 24.9 Å². The maximum atomic E-state index is 12.8. The summed E-state index contributed by atoms with van der Waals surface area (Å²) in [5, 5.41) is 25.2. The van der Waals surface area contributed by atoms with Crippen molar-refractivity contribution < 1.29 is 49.8 Å². The molecule has 12 heterocycles. The van der Waals surface area contributed by atoms with Crippen LogP contribution in [0, 0.1) is 18.8 Å². The lowest BCUT2D eigenvalue weighted by Gasteiger charge is -2.11. The van der Waals surface area contributed by atoms with Crippen LogP contribution in [0.4, 0.5) is 13.2 Å². The Labute approximate surface area is 774 Å². The normalized spacial score (nSPS) is 11.8. The first kappa shape index (κ1) is 93.7. The minimum Gasteiger partial charge on any atom is -0.490 e. The molecule has 7 aromatic carbocycles. The summed E-state index contributed by atoms with van der Waals surface area (Å²) >= 11 is 3.06. The average Bonchev–Trinajstić information content (AvgIpc) is 1.66. The number of nitrogens with zero attached hydrogens (tertiary/aromatic N) is 17. The number of aromatic amines is 1. The molecule has 674 valence electrons. The molecule has 0 saturated heterocycles. The van der Waals surface area contributed by atoms with Crippen LogP contribution in [0.25, 0.3) is 102 Å². The molecule has 133 heavy (non-hydrogen) atoms. The number of benzene rings is 7. The number of halogens is 4. The van der Waals surface area contributed by atoms with Gasteiger partial charge < -0.3 is 41.6 Å². The fraction of sp³-hybridized carbons (Fsp3) is 0.214. The van der Waals surface area contributed by atoms with Gasteiger partial charge in [-0.2, -0.15) is 43.1 Å². The number of hydrogen-bond acceptors (Lipinski definition) is 25. The summed E-state index contributed by atoms with van der Waals surface area (Å²) in [6.07, 6.45) is 18.2. The number of nitrogens with one attached hydrogen (secondary N) is 1. The van der Waals surface area contributed by atoms with Gasteiger partial charge in [0.1, 0.15) is 0 Å². The molecule has 1 N–H and O–H groups in total. The Morgan fingerprint density at radius 2 is 0.850 bits per heavy atom. The maximum Gasteiger partial charge on any atom is 0.416 e. The van der Waals surface area contributed by atoms with Crippen LogP contribution < -0.4 is 9.47 Å². The highest BCUT2D eigenvalue weighted by Gasteiger charge is 2.32. The number of fused-ring (bicyclic) bond motifs is 1. The van der Waals surface area contributed by atoms with Crippen molar-refractivity contribution in [2.24, 2.45) is 11.8 Å². The average molecular weight is 1850 g/mol. The molecule has 0 amide bonds. The largest absolute Gasteiger partial charge is 0.490 e. The minimum absolute atomic E-state index is 0.0126. The van der Waals surface area contributed by atoms with E-state index in [1.165, 1.54) is 33.9 Å². The van der Waals surface area contributed by atoms with Crippen molar-refractivity contribution in [3.05, 3.63) is 365 Å². The van der Waals surface area contributed by atoms with Crippen molar-refractivity contribution in [2.45, 2.75) is 119 Å². The van der Waals surface area contributed by atoms with Crippen molar-refractivity contribution in [1.29, 1.82) is 0 Å². The number of rotatable bonds is 25. The van der Waals surface area contributed by atoms with Crippen LogP contribution in [0.5, 0.6) is 11.5 Å². The van der Waals surface area contributed by atoms with Gasteiger partial charge in [0.25, 0.3) is 11.8 Å². The van der Waals surface area contributed by atoms with Crippen molar-refractivity contribution in [1.82, 2.24) is 90.7 Å². The Morgan fingerprint density at radius 1 is 0.383 bits per heavy atom. The standard InChI is InChI=1S/C20H19N3O3.C20H23N3O.C19H21N3O.C16H15N3O.C14H7BrF3N3O.C14H11N3O/c1-3-24-17-9-8-13(12-18(17)25-4-2)20-22-19(23-26-20)15-6-5-7-16-14(15)10-11-21-16;1-13(2)11-16-5-7-17(8-6-16)15(4)20-22-19(23-24-20)18-9-10-21-12-14(18)3;1-13(2)12-15-4-6-16(7-5-15)14(3)19-21-18(22-23-19)17-8-10-20-11-9-17;1-2-14(12-6-4-3-5-7-12)16-18-15(19-20-16)13-8-10-17-11-9-13;15-11-6-9(5-10(7-11)14(16,17)18)13-20-12(21-22-13)8-1-3-19-4-2-8;1-2-4-11(5-3-1)10-13-16-14(17-18-13)12-6-8-15-9-7-12/h5-12,21H,3-4H2,1-2H3;5-10,12-13,15H,11H2,1-4H3;4-11,13-14H,12H2,1-3H3;3-11,14H,2H2,1H3;1-7H;1-9H,10H2. The van der Waals surface area contributed by atoms with Crippen LogP contribution in [0.2, 0.25) is 0 Å². The Morgan fingerprint density at radius 3 is 1.39 bits per heavy atom. The third-order valence-corrected chi connectivity index (χ3v) is 21.3. The summed E-state index contributed by atoms with van der Waals surface area (Å²) in [5.74, 6) is 9.25. The number of hydrogen-bond donors (Lipinski definition) is 1. The number of H-pyrrole nitrogens is 1. The van der Waals surface area contributed by atoms with Crippen LogP contribution in [0.3, 0.4) is 0 Å². The Bertz CT molecular complexity index is 6780. The summed E-state index contributed by atoms with van der Waals surface area (Å²) in [4.78, 5) is 49.8. The molecule has 0 bridgehead atoms. The van der Waals surface area contributed by atoms with Gasteiger partial charge >= 0.3 is 6.18 Å². The second-order valence-corrected chi connectivity index (χ2v) is 32.4. The van der Waals surface area contributed by atoms with Gasteiger partial charge in [0, 0.05) is 128 Å². The Hall–Kier alpha value is -15.5. The van der Waals surface area contributed by atoms with Crippen LogP contribution in [-0.4, -0.2) is 104 Å². The van der Waals surface area contributed by atoms with Gasteiger partial charge in [-0.15, -0.1) is 0 Å². The molecule has 26 nitrogen and oxygen atoms in total. The van der Waals surface area contributed by atoms with E-state index in [0.717, 1.165) is 86.8 Å². The summed E-state index contributed by atoms with van der Waals surface area (Å²) in [6, 6.07) is 71.2. The summed E-state index contributed by atoms with van der Waals surface area (Å²) < 4.78 is 82.3.